The number of benzene rings is 1. The van der Waals surface area contributed by atoms with E-state index in [0.29, 0.717) is 19.7 Å². The third-order valence-corrected chi connectivity index (χ3v) is 5.32. The summed E-state index contributed by atoms with van der Waals surface area (Å²) in [5.41, 5.74) is 1.87. The van der Waals surface area contributed by atoms with Crippen LogP contribution in [0.3, 0.4) is 0 Å². The summed E-state index contributed by atoms with van der Waals surface area (Å²) in [6, 6.07) is 12.0. The molecule has 2 amide bonds. The minimum absolute atomic E-state index is 0.0321. The number of nitrogens with one attached hydrogen (secondary N) is 1. The summed E-state index contributed by atoms with van der Waals surface area (Å²) in [6.45, 7) is 1.75. The predicted molar refractivity (Wildman–Crippen MR) is 96.5 cm³/mol. The number of ether oxygens (including phenoxy) is 1. The highest BCUT2D eigenvalue weighted by Gasteiger charge is 2.26. The van der Waals surface area contributed by atoms with E-state index < -0.39 is 0 Å². The summed E-state index contributed by atoms with van der Waals surface area (Å²) in [6.07, 6.45) is 1.97. The van der Waals surface area contributed by atoms with Gasteiger partial charge in [-0.25, -0.2) is 4.79 Å². The van der Waals surface area contributed by atoms with Gasteiger partial charge in [-0.05, 0) is 23.6 Å². The molecule has 1 aliphatic rings. The van der Waals surface area contributed by atoms with E-state index in [1.807, 2.05) is 58.4 Å². The number of hydrogen-bond donors (Lipinski definition) is 1. The van der Waals surface area contributed by atoms with Crippen LogP contribution in [0.1, 0.15) is 11.0 Å². The Morgan fingerprint density at radius 3 is 3.04 bits per heavy atom. The maximum absolute atomic E-state index is 12.7. The van der Waals surface area contributed by atoms with Gasteiger partial charge < -0.3 is 19.5 Å². The molecule has 1 aromatic carbocycles. The van der Waals surface area contributed by atoms with Gasteiger partial charge in [-0.1, -0.05) is 18.2 Å². The maximum atomic E-state index is 12.7. The zero-order chi connectivity index (χ0) is 16.5. The van der Waals surface area contributed by atoms with Gasteiger partial charge in [0, 0.05) is 30.1 Å². The van der Waals surface area contributed by atoms with E-state index >= 15 is 0 Å². The topological polar surface area (TPSA) is 46.5 Å². The maximum Gasteiger partial charge on any atom is 0.322 e. The molecule has 24 heavy (non-hydrogen) atoms. The van der Waals surface area contributed by atoms with Crippen LogP contribution in [0.25, 0.3) is 10.9 Å². The Balaban J connectivity index is 1.52. The van der Waals surface area contributed by atoms with Crippen LogP contribution in [0.2, 0.25) is 0 Å². The van der Waals surface area contributed by atoms with E-state index in [-0.39, 0.29) is 12.1 Å². The second-order valence-corrected chi connectivity index (χ2v) is 6.90. The SMILES string of the molecule is Cn1ccc2cccc(NC(=O)N3CCO[C@H](c4cccs4)C3)c21. The number of aromatic nitrogens is 1. The van der Waals surface area contributed by atoms with Gasteiger partial charge in [0.1, 0.15) is 6.10 Å². The summed E-state index contributed by atoms with van der Waals surface area (Å²) in [5.74, 6) is 0. The number of amides is 2. The zero-order valence-electron chi connectivity index (χ0n) is 13.4. The molecule has 3 heterocycles. The first-order valence-corrected chi connectivity index (χ1v) is 8.85. The fourth-order valence-corrected chi connectivity index (χ4v) is 3.90. The molecular formula is C18H19N3O2S. The van der Waals surface area contributed by atoms with Crippen LogP contribution in [-0.2, 0) is 11.8 Å². The number of fused-ring (bicyclic) bond motifs is 1. The number of anilines is 1. The molecule has 0 aliphatic carbocycles. The van der Waals surface area contributed by atoms with Crippen LogP contribution in [0.15, 0.2) is 48.0 Å². The Morgan fingerprint density at radius 2 is 2.21 bits per heavy atom. The average molecular weight is 341 g/mol. The molecule has 0 spiro atoms. The van der Waals surface area contributed by atoms with Crippen molar-refractivity contribution in [3.63, 3.8) is 0 Å². The Bertz CT molecular complexity index is 856. The third-order valence-electron chi connectivity index (χ3n) is 4.35. The molecule has 3 aromatic rings. The molecule has 0 bridgehead atoms. The van der Waals surface area contributed by atoms with Crippen LogP contribution in [0.4, 0.5) is 10.5 Å². The van der Waals surface area contributed by atoms with Crippen LogP contribution < -0.4 is 5.32 Å². The van der Waals surface area contributed by atoms with Gasteiger partial charge in [-0.15, -0.1) is 11.3 Å². The zero-order valence-corrected chi connectivity index (χ0v) is 14.3. The first-order chi connectivity index (χ1) is 11.7. The van der Waals surface area contributed by atoms with Crippen LogP contribution in [0.5, 0.6) is 0 Å². The van der Waals surface area contributed by atoms with Crippen LogP contribution in [0, 0.1) is 0 Å². The number of carbonyl (C=O) groups excluding carboxylic acids is 1. The van der Waals surface area contributed by atoms with Gasteiger partial charge in [0.25, 0.3) is 0 Å². The van der Waals surface area contributed by atoms with Gasteiger partial charge in [0.05, 0.1) is 24.4 Å². The smallest absolute Gasteiger partial charge is 0.322 e. The number of hydrogen-bond acceptors (Lipinski definition) is 3. The molecule has 0 unspecified atom stereocenters. The van der Waals surface area contributed by atoms with Gasteiger partial charge >= 0.3 is 6.03 Å². The van der Waals surface area contributed by atoms with Crippen molar-refractivity contribution in [3.05, 3.63) is 52.9 Å². The largest absolute Gasteiger partial charge is 0.369 e. The molecule has 5 nitrogen and oxygen atoms in total. The lowest BCUT2D eigenvalue weighted by Gasteiger charge is -2.32. The number of aryl methyl sites for hydroxylation is 1. The molecule has 1 N–H and O–H groups in total. The van der Waals surface area contributed by atoms with Crippen molar-refractivity contribution >= 4 is 34.0 Å². The van der Waals surface area contributed by atoms with E-state index in [2.05, 4.69) is 11.4 Å². The molecule has 6 heteroatoms. The highest BCUT2D eigenvalue weighted by Crippen LogP contribution is 2.27. The minimum atomic E-state index is -0.0754. The third kappa shape index (κ3) is 2.79. The van der Waals surface area contributed by atoms with Crippen molar-refractivity contribution in [2.75, 3.05) is 25.0 Å². The lowest BCUT2D eigenvalue weighted by atomic mass is 10.2. The number of thiophene rings is 1. The standard InChI is InChI=1S/C18H19N3O2S/c1-20-8-7-13-4-2-5-14(17(13)20)19-18(22)21-9-10-23-15(12-21)16-6-3-11-24-16/h2-8,11,15H,9-10,12H2,1H3,(H,19,22)/t15-/m0/s1. The molecule has 0 saturated carbocycles. The summed E-state index contributed by atoms with van der Waals surface area (Å²) < 4.78 is 7.84. The highest BCUT2D eigenvalue weighted by molar-refractivity contribution is 7.10. The number of urea groups is 1. The minimum Gasteiger partial charge on any atom is -0.369 e. The van der Waals surface area contributed by atoms with Gasteiger partial charge in [0.2, 0.25) is 0 Å². The Morgan fingerprint density at radius 1 is 1.29 bits per heavy atom. The second kappa shape index (κ2) is 6.30. The molecule has 4 rings (SSSR count). The van der Waals surface area contributed by atoms with E-state index in [1.54, 1.807) is 11.3 Å². The lowest BCUT2D eigenvalue weighted by molar-refractivity contribution is -0.0115. The van der Waals surface area contributed by atoms with E-state index in [0.717, 1.165) is 21.5 Å². The van der Waals surface area contributed by atoms with Crippen molar-refractivity contribution in [3.8, 4) is 0 Å². The first-order valence-electron chi connectivity index (χ1n) is 7.97. The summed E-state index contributed by atoms with van der Waals surface area (Å²) >= 11 is 1.67. The Hall–Kier alpha value is -2.31. The molecule has 1 saturated heterocycles. The van der Waals surface area contributed by atoms with E-state index in [4.69, 9.17) is 4.74 Å². The summed E-state index contributed by atoms with van der Waals surface area (Å²) in [4.78, 5) is 15.7. The van der Waals surface area contributed by atoms with E-state index in [9.17, 15) is 4.79 Å². The monoisotopic (exact) mass is 341 g/mol. The number of carbonyl (C=O) groups is 1. The molecule has 2 aromatic heterocycles. The Labute approximate surface area is 144 Å². The predicted octanol–water partition coefficient (Wildman–Crippen LogP) is 3.85. The molecular weight excluding hydrogens is 322 g/mol. The van der Waals surface area contributed by atoms with Gasteiger partial charge in [-0.3, -0.25) is 0 Å². The Kier molecular flexibility index (Phi) is 4.00. The van der Waals surface area contributed by atoms with Crippen molar-refractivity contribution < 1.29 is 9.53 Å². The van der Waals surface area contributed by atoms with Crippen LogP contribution >= 0.6 is 11.3 Å². The fraction of sp³-hybridized carbons (Fsp3) is 0.278. The molecule has 0 radical (unpaired) electrons. The lowest BCUT2D eigenvalue weighted by Crippen LogP contribution is -2.44. The van der Waals surface area contributed by atoms with Crippen molar-refractivity contribution in [1.29, 1.82) is 0 Å². The molecule has 1 aliphatic heterocycles. The number of nitrogens with zero attached hydrogens (tertiary/aromatic N) is 2. The van der Waals surface area contributed by atoms with Gasteiger partial charge in [0.15, 0.2) is 0 Å². The van der Waals surface area contributed by atoms with Crippen molar-refractivity contribution in [1.82, 2.24) is 9.47 Å². The number of para-hydroxylation sites is 1. The molecule has 1 fully saturated rings. The number of rotatable bonds is 2. The average Bonchev–Trinajstić information content (AvgIpc) is 3.26. The highest BCUT2D eigenvalue weighted by atomic mass is 32.1. The first kappa shape index (κ1) is 15.2. The summed E-state index contributed by atoms with van der Waals surface area (Å²) in [7, 11) is 1.99. The van der Waals surface area contributed by atoms with E-state index in [1.165, 1.54) is 0 Å². The quantitative estimate of drug-likeness (QED) is 0.770. The summed E-state index contributed by atoms with van der Waals surface area (Å²) in [5, 5.41) is 6.22. The van der Waals surface area contributed by atoms with Gasteiger partial charge in [-0.2, -0.15) is 0 Å². The second-order valence-electron chi connectivity index (χ2n) is 5.92. The van der Waals surface area contributed by atoms with Crippen molar-refractivity contribution in [2.45, 2.75) is 6.10 Å². The van der Waals surface area contributed by atoms with Crippen LogP contribution in [-0.4, -0.2) is 35.2 Å². The fourth-order valence-electron chi connectivity index (χ4n) is 3.13. The normalized spacial score (nSPS) is 18.0. The molecule has 1 atom stereocenters. The molecule has 124 valence electrons. The number of morpholine rings is 1. The van der Waals surface area contributed by atoms with Crippen molar-refractivity contribution in [2.24, 2.45) is 7.05 Å².